The van der Waals surface area contributed by atoms with E-state index in [-0.39, 0.29) is 6.04 Å². The van der Waals surface area contributed by atoms with Gasteiger partial charge in [-0.05, 0) is 37.3 Å². The minimum absolute atomic E-state index is 0.0145. The molecule has 4 nitrogen and oxygen atoms in total. The Balaban J connectivity index is 2.92. The molecular formula is C14H26N2O2S2. The second kappa shape index (κ2) is 7.54. The quantitative estimate of drug-likeness (QED) is 0.801. The summed E-state index contributed by atoms with van der Waals surface area (Å²) in [6.45, 7) is 11.3. The Kier molecular flexibility index (Phi) is 6.64. The van der Waals surface area contributed by atoms with Crippen molar-refractivity contribution < 1.29 is 8.42 Å². The van der Waals surface area contributed by atoms with Gasteiger partial charge in [0.25, 0.3) is 10.0 Å². The summed E-state index contributed by atoms with van der Waals surface area (Å²) >= 11 is 1.31. The Labute approximate surface area is 127 Å². The second-order valence-corrected chi connectivity index (χ2v) is 8.55. The first kappa shape index (κ1) is 17.6. The lowest BCUT2D eigenvalue weighted by Gasteiger charge is -2.24. The van der Waals surface area contributed by atoms with Crippen molar-refractivity contribution in [3.8, 4) is 0 Å². The van der Waals surface area contributed by atoms with E-state index in [1.165, 1.54) is 11.3 Å². The number of nitrogens with zero attached hydrogens (tertiary/aromatic N) is 1. The number of sulfonamides is 1. The minimum Gasteiger partial charge on any atom is -0.310 e. The standard InChI is InChI=1S/C14H26N2O2S2/c1-6-7-16(12(4)5)20(17,18)14-8-13(10-19-14)9-15-11(2)3/h8,10-12,15H,6-7,9H2,1-5H3. The Morgan fingerprint density at radius 3 is 2.45 bits per heavy atom. The van der Waals surface area contributed by atoms with Crippen LogP contribution in [0.3, 0.4) is 0 Å². The van der Waals surface area contributed by atoms with Crippen LogP contribution in [0, 0.1) is 0 Å². The Bertz CT molecular complexity index is 507. The normalized spacial score (nSPS) is 12.8. The van der Waals surface area contributed by atoms with Crippen molar-refractivity contribution >= 4 is 21.4 Å². The van der Waals surface area contributed by atoms with Gasteiger partial charge < -0.3 is 5.32 Å². The van der Waals surface area contributed by atoms with Crippen LogP contribution < -0.4 is 5.32 Å². The van der Waals surface area contributed by atoms with Gasteiger partial charge in [0.15, 0.2) is 0 Å². The molecule has 0 aliphatic heterocycles. The molecule has 116 valence electrons. The molecule has 0 unspecified atom stereocenters. The summed E-state index contributed by atoms with van der Waals surface area (Å²) in [5, 5.41) is 5.23. The maximum atomic E-state index is 12.6. The van der Waals surface area contributed by atoms with Crippen LogP contribution in [0.1, 0.15) is 46.6 Å². The predicted octanol–water partition coefficient (Wildman–Crippen LogP) is 3.06. The van der Waals surface area contributed by atoms with Crippen LogP contribution in [0.4, 0.5) is 0 Å². The van der Waals surface area contributed by atoms with E-state index >= 15 is 0 Å². The third kappa shape index (κ3) is 4.55. The maximum Gasteiger partial charge on any atom is 0.252 e. The zero-order chi connectivity index (χ0) is 15.3. The first-order valence-electron chi connectivity index (χ1n) is 7.11. The van der Waals surface area contributed by atoms with Crippen LogP contribution in [0.15, 0.2) is 15.7 Å². The van der Waals surface area contributed by atoms with Crippen LogP contribution in [-0.4, -0.2) is 31.4 Å². The molecule has 20 heavy (non-hydrogen) atoms. The van der Waals surface area contributed by atoms with Gasteiger partial charge in [-0.3, -0.25) is 0 Å². The maximum absolute atomic E-state index is 12.6. The number of nitrogens with one attached hydrogen (secondary N) is 1. The first-order chi connectivity index (χ1) is 9.28. The monoisotopic (exact) mass is 318 g/mol. The van der Waals surface area contributed by atoms with E-state index in [4.69, 9.17) is 0 Å². The fraction of sp³-hybridized carbons (Fsp3) is 0.714. The van der Waals surface area contributed by atoms with Gasteiger partial charge >= 0.3 is 0 Å². The average molecular weight is 319 g/mol. The summed E-state index contributed by atoms with van der Waals surface area (Å²) in [6.07, 6.45) is 0.824. The van der Waals surface area contributed by atoms with E-state index in [9.17, 15) is 8.42 Å². The van der Waals surface area contributed by atoms with Gasteiger partial charge in [-0.15, -0.1) is 11.3 Å². The summed E-state index contributed by atoms with van der Waals surface area (Å²) in [4.78, 5) is 0. The number of rotatable bonds is 8. The smallest absolute Gasteiger partial charge is 0.252 e. The Morgan fingerprint density at radius 1 is 1.30 bits per heavy atom. The Morgan fingerprint density at radius 2 is 1.95 bits per heavy atom. The molecule has 0 spiro atoms. The highest BCUT2D eigenvalue weighted by molar-refractivity contribution is 7.91. The summed E-state index contributed by atoms with van der Waals surface area (Å²) in [5.41, 5.74) is 1.03. The molecule has 0 saturated heterocycles. The number of thiophene rings is 1. The van der Waals surface area contributed by atoms with Crippen LogP contribution in [-0.2, 0) is 16.6 Å². The summed E-state index contributed by atoms with van der Waals surface area (Å²) in [6, 6.07) is 2.17. The number of hydrogen-bond donors (Lipinski definition) is 1. The molecule has 1 N–H and O–H groups in total. The van der Waals surface area contributed by atoms with Gasteiger partial charge in [0.05, 0.1) is 0 Å². The van der Waals surface area contributed by atoms with Crippen LogP contribution >= 0.6 is 11.3 Å². The van der Waals surface area contributed by atoms with Gasteiger partial charge in [0.2, 0.25) is 0 Å². The first-order valence-corrected chi connectivity index (χ1v) is 9.43. The zero-order valence-electron chi connectivity index (χ0n) is 13.0. The number of hydrogen-bond acceptors (Lipinski definition) is 4. The molecule has 0 amide bonds. The SMILES string of the molecule is CCCN(C(C)C)S(=O)(=O)c1cc(CNC(C)C)cs1. The average Bonchev–Trinajstić information content (AvgIpc) is 2.82. The van der Waals surface area contributed by atoms with Crippen molar-refractivity contribution in [2.75, 3.05) is 6.54 Å². The van der Waals surface area contributed by atoms with Crippen LogP contribution in [0.2, 0.25) is 0 Å². The molecule has 0 saturated carbocycles. The van der Waals surface area contributed by atoms with Gasteiger partial charge in [-0.25, -0.2) is 8.42 Å². The minimum atomic E-state index is -3.36. The van der Waals surface area contributed by atoms with Crippen molar-refractivity contribution in [1.29, 1.82) is 0 Å². The molecule has 1 aromatic rings. The molecule has 0 atom stereocenters. The molecule has 1 heterocycles. The van der Waals surface area contributed by atoms with E-state index in [0.29, 0.717) is 23.3 Å². The summed E-state index contributed by atoms with van der Waals surface area (Å²) in [7, 11) is -3.36. The van der Waals surface area contributed by atoms with Gasteiger partial charge in [0.1, 0.15) is 4.21 Å². The fourth-order valence-electron chi connectivity index (χ4n) is 1.89. The molecule has 1 rings (SSSR count). The van der Waals surface area contributed by atoms with E-state index in [2.05, 4.69) is 19.2 Å². The lowest BCUT2D eigenvalue weighted by atomic mass is 10.3. The van der Waals surface area contributed by atoms with E-state index in [1.807, 2.05) is 26.2 Å². The third-order valence-electron chi connectivity index (χ3n) is 2.93. The van der Waals surface area contributed by atoms with E-state index < -0.39 is 10.0 Å². The van der Waals surface area contributed by atoms with Crippen molar-refractivity contribution in [3.63, 3.8) is 0 Å². The molecule has 0 aliphatic rings. The van der Waals surface area contributed by atoms with Gasteiger partial charge in [0, 0.05) is 25.2 Å². The molecular weight excluding hydrogens is 292 g/mol. The van der Waals surface area contributed by atoms with Crippen molar-refractivity contribution in [3.05, 3.63) is 17.0 Å². The largest absolute Gasteiger partial charge is 0.310 e. The molecule has 6 heteroatoms. The molecule has 0 aliphatic carbocycles. The summed E-state index contributed by atoms with van der Waals surface area (Å²) in [5.74, 6) is 0. The lowest BCUT2D eigenvalue weighted by molar-refractivity contribution is 0.355. The lowest BCUT2D eigenvalue weighted by Crippen LogP contribution is -2.37. The van der Waals surface area contributed by atoms with Crippen molar-refractivity contribution in [1.82, 2.24) is 9.62 Å². The Hall–Kier alpha value is -0.430. The molecule has 0 fully saturated rings. The fourth-order valence-corrected chi connectivity index (χ4v) is 4.96. The van der Waals surface area contributed by atoms with Crippen LogP contribution in [0.25, 0.3) is 0 Å². The van der Waals surface area contributed by atoms with Crippen molar-refractivity contribution in [2.45, 2.75) is 63.9 Å². The third-order valence-corrected chi connectivity index (χ3v) is 6.47. The van der Waals surface area contributed by atoms with E-state index in [1.54, 1.807) is 10.4 Å². The molecule has 0 radical (unpaired) electrons. The van der Waals surface area contributed by atoms with Crippen molar-refractivity contribution in [2.24, 2.45) is 0 Å². The molecule has 0 bridgehead atoms. The predicted molar refractivity (Wildman–Crippen MR) is 85.6 cm³/mol. The molecule has 0 aromatic carbocycles. The molecule has 1 aromatic heterocycles. The summed E-state index contributed by atoms with van der Waals surface area (Å²) < 4.78 is 27.3. The second-order valence-electron chi connectivity index (χ2n) is 5.52. The highest BCUT2D eigenvalue weighted by Gasteiger charge is 2.27. The topological polar surface area (TPSA) is 49.4 Å². The highest BCUT2D eigenvalue weighted by atomic mass is 32.2. The van der Waals surface area contributed by atoms with Crippen LogP contribution in [0.5, 0.6) is 0 Å². The van der Waals surface area contributed by atoms with Gasteiger partial charge in [-0.2, -0.15) is 4.31 Å². The van der Waals surface area contributed by atoms with Gasteiger partial charge in [-0.1, -0.05) is 20.8 Å². The zero-order valence-corrected chi connectivity index (χ0v) is 14.6. The van der Waals surface area contributed by atoms with E-state index in [0.717, 1.165) is 12.0 Å². The highest BCUT2D eigenvalue weighted by Crippen LogP contribution is 2.25.